The SMILES string of the molecule is c1cnc(-c2nc(CSc3nc(-c4cccs4)nc4ccccc34)cs2)nc1. The van der Waals surface area contributed by atoms with Gasteiger partial charge in [-0.05, 0) is 23.6 Å². The van der Waals surface area contributed by atoms with Crippen LogP contribution in [0.5, 0.6) is 0 Å². The molecule has 0 aliphatic carbocycles. The maximum absolute atomic E-state index is 4.84. The average molecular weight is 420 g/mol. The summed E-state index contributed by atoms with van der Waals surface area (Å²) in [6, 6.07) is 14.0. The standard InChI is InChI=1S/C20H13N5S3/c1-2-6-15-14(5-1)19(25-17(24-15)16-7-3-10-26-16)27-11-13-12-28-20(23-13)18-21-8-4-9-22-18/h1-10,12H,11H2. The van der Waals surface area contributed by atoms with Crippen LogP contribution in [0.3, 0.4) is 0 Å². The largest absolute Gasteiger partial charge is 0.237 e. The monoisotopic (exact) mass is 419 g/mol. The normalized spacial score (nSPS) is 11.1. The van der Waals surface area contributed by atoms with Crippen molar-refractivity contribution in [2.45, 2.75) is 10.8 Å². The van der Waals surface area contributed by atoms with Gasteiger partial charge in [0.2, 0.25) is 0 Å². The molecule has 136 valence electrons. The van der Waals surface area contributed by atoms with E-state index in [-0.39, 0.29) is 0 Å². The first-order chi connectivity index (χ1) is 13.9. The Bertz CT molecular complexity index is 1220. The molecule has 0 N–H and O–H groups in total. The molecular weight excluding hydrogens is 406 g/mol. The van der Waals surface area contributed by atoms with Crippen molar-refractivity contribution in [2.75, 3.05) is 0 Å². The van der Waals surface area contributed by atoms with Crippen LogP contribution in [0, 0.1) is 0 Å². The van der Waals surface area contributed by atoms with Crippen molar-refractivity contribution in [2.24, 2.45) is 0 Å². The molecule has 0 unspecified atom stereocenters. The summed E-state index contributed by atoms with van der Waals surface area (Å²) in [5, 5.41) is 6.97. The minimum atomic E-state index is 0.663. The van der Waals surface area contributed by atoms with Crippen molar-refractivity contribution in [1.82, 2.24) is 24.9 Å². The van der Waals surface area contributed by atoms with Crippen LogP contribution in [0.15, 0.2) is 70.6 Å². The third-order valence-corrected chi connectivity index (χ3v) is 6.75. The van der Waals surface area contributed by atoms with Crippen molar-refractivity contribution in [3.05, 3.63) is 71.3 Å². The highest BCUT2D eigenvalue weighted by Gasteiger charge is 2.12. The summed E-state index contributed by atoms with van der Waals surface area (Å²) in [4.78, 5) is 23.9. The molecule has 28 heavy (non-hydrogen) atoms. The number of hydrogen-bond donors (Lipinski definition) is 0. The Kier molecular flexibility index (Phi) is 4.82. The molecule has 0 radical (unpaired) electrons. The minimum Gasteiger partial charge on any atom is -0.237 e. The van der Waals surface area contributed by atoms with Gasteiger partial charge in [-0.1, -0.05) is 36.0 Å². The van der Waals surface area contributed by atoms with Gasteiger partial charge in [0.1, 0.15) is 5.03 Å². The average Bonchev–Trinajstić information content (AvgIpc) is 3.45. The predicted molar refractivity (Wildman–Crippen MR) is 116 cm³/mol. The van der Waals surface area contributed by atoms with Gasteiger partial charge >= 0.3 is 0 Å². The zero-order chi connectivity index (χ0) is 18.8. The molecule has 1 aromatic carbocycles. The summed E-state index contributed by atoms with van der Waals surface area (Å²) in [5.41, 5.74) is 1.96. The molecule has 5 rings (SSSR count). The number of nitrogens with zero attached hydrogens (tertiary/aromatic N) is 5. The Hall–Kier alpha value is -2.68. The van der Waals surface area contributed by atoms with E-state index in [1.165, 1.54) is 0 Å². The molecule has 0 amide bonds. The summed E-state index contributed by atoms with van der Waals surface area (Å²) in [5.74, 6) is 2.16. The molecule has 0 atom stereocenters. The van der Waals surface area contributed by atoms with Crippen molar-refractivity contribution in [3.63, 3.8) is 0 Å². The van der Waals surface area contributed by atoms with Gasteiger partial charge in [0.05, 0.1) is 16.1 Å². The van der Waals surface area contributed by atoms with Gasteiger partial charge in [-0.3, -0.25) is 0 Å². The second-order valence-electron chi connectivity index (χ2n) is 5.85. The first-order valence-corrected chi connectivity index (χ1v) is 11.3. The smallest absolute Gasteiger partial charge is 0.188 e. The van der Waals surface area contributed by atoms with Crippen LogP contribution in [0.1, 0.15) is 5.69 Å². The van der Waals surface area contributed by atoms with Gasteiger partial charge in [-0.15, -0.1) is 22.7 Å². The van der Waals surface area contributed by atoms with Gasteiger partial charge in [-0.25, -0.2) is 24.9 Å². The van der Waals surface area contributed by atoms with Crippen molar-refractivity contribution >= 4 is 45.3 Å². The Morgan fingerprint density at radius 3 is 2.57 bits per heavy atom. The Morgan fingerprint density at radius 2 is 1.71 bits per heavy atom. The quantitative estimate of drug-likeness (QED) is 0.274. The molecule has 4 heterocycles. The van der Waals surface area contributed by atoms with Crippen LogP contribution in [-0.4, -0.2) is 24.9 Å². The van der Waals surface area contributed by atoms with E-state index in [2.05, 4.69) is 32.5 Å². The van der Waals surface area contributed by atoms with E-state index in [0.717, 1.165) is 43.1 Å². The molecular formula is C20H13N5S3. The highest BCUT2D eigenvalue weighted by molar-refractivity contribution is 7.98. The molecule has 0 aliphatic heterocycles. The van der Waals surface area contributed by atoms with Crippen LogP contribution in [-0.2, 0) is 5.75 Å². The third kappa shape index (κ3) is 3.54. The lowest BCUT2D eigenvalue weighted by Gasteiger charge is -2.07. The summed E-state index contributed by atoms with van der Waals surface area (Å²) in [6.07, 6.45) is 3.47. The van der Waals surface area contributed by atoms with Gasteiger partial charge in [0.25, 0.3) is 0 Å². The van der Waals surface area contributed by atoms with E-state index < -0.39 is 0 Å². The third-order valence-electron chi connectivity index (χ3n) is 3.98. The fourth-order valence-electron chi connectivity index (χ4n) is 2.70. The summed E-state index contributed by atoms with van der Waals surface area (Å²) in [6.45, 7) is 0. The number of thiophene rings is 1. The van der Waals surface area contributed by atoms with Gasteiger partial charge in [0.15, 0.2) is 16.7 Å². The van der Waals surface area contributed by atoms with Crippen molar-refractivity contribution < 1.29 is 0 Å². The van der Waals surface area contributed by atoms with E-state index >= 15 is 0 Å². The molecule has 0 aliphatic rings. The second kappa shape index (κ2) is 7.75. The molecule has 5 nitrogen and oxygen atoms in total. The van der Waals surface area contributed by atoms with Crippen molar-refractivity contribution in [3.8, 4) is 21.5 Å². The summed E-state index contributed by atoms with van der Waals surface area (Å²) in [7, 11) is 0. The lowest BCUT2D eigenvalue weighted by Crippen LogP contribution is -1.93. The fraction of sp³-hybridized carbons (Fsp3) is 0.0500. The first kappa shape index (κ1) is 17.4. The molecule has 8 heteroatoms. The Morgan fingerprint density at radius 1 is 0.821 bits per heavy atom. The number of hydrogen-bond acceptors (Lipinski definition) is 8. The van der Waals surface area contributed by atoms with Crippen LogP contribution in [0.25, 0.3) is 32.4 Å². The number of rotatable bonds is 5. The van der Waals surface area contributed by atoms with Crippen molar-refractivity contribution in [1.29, 1.82) is 0 Å². The maximum Gasteiger partial charge on any atom is 0.188 e. The molecule has 0 saturated carbocycles. The lowest BCUT2D eigenvalue weighted by atomic mass is 10.2. The number of thioether (sulfide) groups is 1. The van der Waals surface area contributed by atoms with Crippen LogP contribution >= 0.6 is 34.4 Å². The topological polar surface area (TPSA) is 64.5 Å². The number of fused-ring (bicyclic) bond motifs is 1. The van der Waals surface area contributed by atoms with E-state index in [1.807, 2.05) is 29.6 Å². The number of benzene rings is 1. The first-order valence-electron chi connectivity index (χ1n) is 8.52. The maximum atomic E-state index is 4.84. The van der Waals surface area contributed by atoms with Gasteiger partial charge in [-0.2, -0.15) is 0 Å². The molecule has 4 aromatic heterocycles. The molecule has 0 bridgehead atoms. The van der Waals surface area contributed by atoms with Gasteiger partial charge < -0.3 is 0 Å². The molecule has 0 saturated heterocycles. The Balaban J connectivity index is 1.44. The lowest BCUT2D eigenvalue weighted by molar-refractivity contribution is 1.11. The summed E-state index contributed by atoms with van der Waals surface area (Å²) >= 11 is 4.89. The molecule has 0 fully saturated rings. The molecule has 0 spiro atoms. The second-order valence-corrected chi connectivity index (χ2v) is 8.62. The highest BCUT2D eigenvalue weighted by Crippen LogP contribution is 2.32. The number of aromatic nitrogens is 5. The summed E-state index contributed by atoms with van der Waals surface area (Å²) < 4.78 is 0. The van der Waals surface area contributed by atoms with E-state index in [0.29, 0.717) is 5.82 Å². The fourth-order valence-corrected chi connectivity index (χ4v) is 5.14. The zero-order valence-electron chi connectivity index (χ0n) is 14.5. The predicted octanol–water partition coefficient (Wildman–Crippen LogP) is 5.56. The Labute approximate surface area is 173 Å². The molecule has 5 aromatic rings. The number of thiazole rings is 1. The van der Waals surface area contributed by atoms with E-state index in [9.17, 15) is 0 Å². The zero-order valence-corrected chi connectivity index (χ0v) is 17.0. The number of para-hydroxylation sites is 1. The van der Waals surface area contributed by atoms with E-state index in [4.69, 9.17) is 9.97 Å². The van der Waals surface area contributed by atoms with Crippen LogP contribution < -0.4 is 0 Å². The van der Waals surface area contributed by atoms with Crippen LogP contribution in [0.4, 0.5) is 0 Å². The van der Waals surface area contributed by atoms with Gasteiger partial charge in [0, 0.05) is 28.9 Å². The van der Waals surface area contributed by atoms with Crippen LogP contribution in [0.2, 0.25) is 0 Å². The highest BCUT2D eigenvalue weighted by atomic mass is 32.2. The minimum absolute atomic E-state index is 0.663. The van der Waals surface area contributed by atoms with E-state index in [1.54, 1.807) is 52.9 Å².